The number of fused-ring (bicyclic) bond motifs is 1. The van der Waals surface area contributed by atoms with Crippen LogP contribution in [0.15, 0.2) is 54.7 Å². The van der Waals surface area contributed by atoms with Gasteiger partial charge in [0.1, 0.15) is 18.9 Å². The molecular weight excluding hydrogens is 304 g/mol. The van der Waals surface area contributed by atoms with Crippen LogP contribution in [0.1, 0.15) is 21.5 Å². The molecular formula is C19H18N2O3. The van der Waals surface area contributed by atoms with Crippen molar-refractivity contribution >= 4 is 23.2 Å². The molecule has 24 heavy (non-hydrogen) atoms. The van der Waals surface area contributed by atoms with Crippen LogP contribution >= 0.6 is 0 Å². The first kappa shape index (κ1) is 16.0. The SMILES string of the molecule is NC(Cc1c[nH]c2cc(C=O)ccc12)C(=O)OCc1ccccc1. The van der Waals surface area contributed by atoms with Gasteiger partial charge in [-0.2, -0.15) is 0 Å². The smallest absolute Gasteiger partial charge is 0.323 e. The van der Waals surface area contributed by atoms with E-state index in [-0.39, 0.29) is 6.61 Å². The number of rotatable bonds is 6. The normalized spacial score (nSPS) is 12.0. The molecule has 0 aliphatic rings. The van der Waals surface area contributed by atoms with Gasteiger partial charge in [0.25, 0.3) is 0 Å². The molecule has 0 aliphatic heterocycles. The van der Waals surface area contributed by atoms with Crippen LogP contribution in [-0.2, 0) is 22.6 Å². The van der Waals surface area contributed by atoms with Crippen molar-refractivity contribution in [3.05, 3.63) is 71.4 Å². The highest BCUT2D eigenvalue weighted by Crippen LogP contribution is 2.20. The van der Waals surface area contributed by atoms with Gasteiger partial charge >= 0.3 is 5.97 Å². The fourth-order valence-corrected chi connectivity index (χ4v) is 2.60. The third-order valence-corrected chi connectivity index (χ3v) is 3.89. The highest BCUT2D eigenvalue weighted by molar-refractivity contribution is 5.89. The van der Waals surface area contributed by atoms with Crippen LogP contribution in [0.5, 0.6) is 0 Å². The van der Waals surface area contributed by atoms with Crippen molar-refractivity contribution in [1.82, 2.24) is 4.98 Å². The van der Waals surface area contributed by atoms with E-state index < -0.39 is 12.0 Å². The van der Waals surface area contributed by atoms with Gasteiger partial charge in [0, 0.05) is 29.1 Å². The van der Waals surface area contributed by atoms with E-state index in [4.69, 9.17) is 10.5 Å². The molecule has 3 rings (SSSR count). The summed E-state index contributed by atoms with van der Waals surface area (Å²) in [6.45, 7) is 0.212. The lowest BCUT2D eigenvalue weighted by molar-refractivity contribution is -0.146. The third-order valence-electron chi connectivity index (χ3n) is 3.89. The van der Waals surface area contributed by atoms with Gasteiger partial charge in [0.15, 0.2) is 0 Å². The average Bonchev–Trinajstić information content (AvgIpc) is 3.02. The Morgan fingerprint density at radius 1 is 1.21 bits per heavy atom. The van der Waals surface area contributed by atoms with Crippen LogP contribution in [-0.4, -0.2) is 23.3 Å². The Kier molecular flexibility index (Phi) is 4.72. The van der Waals surface area contributed by atoms with Gasteiger partial charge in [-0.25, -0.2) is 0 Å². The van der Waals surface area contributed by atoms with Gasteiger partial charge in [0.2, 0.25) is 0 Å². The standard InChI is InChI=1S/C19H18N2O3/c20-17(19(23)24-12-13-4-2-1-3-5-13)9-15-10-21-18-8-14(11-22)6-7-16(15)18/h1-8,10-11,17,21H,9,12,20H2. The molecule has 0 amide bonds. The van der Waals surface area contributed by atoms with E-state index in [1.165, 1.54) is 0 Å². The molecule has 5 heteroatoms. The van der Waals surface area contributed by atoms with Crippen LogP contribution in [0.3, 0.4) is 0 Å². The number of hydrogen-bond acceptors (Lipinski definition) is 4. The first-order valence-electron chi connectivity index (χ1n) is 7.68. The van der Waals surface area contributed by atoms with Crippen LogP contribution in [0, 0.1) is 0 Å². The van der Waals surface area contributed by atoms with Gasteiger partial charge in [-0.1, -0.05) is 42.5 Å². The highest BCUT2D eigenvalue weighted by Gasteiger charge is 2.18. The van der Waals surface area contributed by atoms with E-state index >= 15 is 0 Å². The van der Waals surface area contributed by atoms with Crippen molar-refractivity contribution in [2.24, 2.45) is 5.73 Å². The Morgan fingerprint density at radius 2 is 2.00 bits per heavy atom. The Bertz CT molecular complexity index is 855. The summed E-state index contributed by atoms with van der Waals surface area (Å²) in [5.41, 5.74) is 9.27. The summed E-state index contributed by atoms with van der Waals surface area (Å²) < 4.78 is 5.27. The topological polar surface area (TPSA) is 85.2 Å². The predicted molar refractivity (Wildman–Crippen MR) is 91.6 cm³/mol. The lowest BCUT2D eigenvalue weighted by Gasteiger charge is -2.11. The van der Waals surface area contributed by atoms with Gasteiger partial charge in [-0.3, -0.25) is 9.59 Å². The van der Waals surface area contributed by atoms with E-state index in [1.807, 2.05) is 42.6 Å². The molecule has 1 aromatic heterocycles. The molecule has 1 unspecified atom stereocenters. The molecule has 3 aromatic rings. The number of aromatic amines is 1. The van der Waals surface area contributed by atoms with Crippen molar-refractivity contribution in [3.63, 3.8) is 0 Å². The van der Waals surface area contributed by atoms with Crippen LogP contribution in [0.25, 0.3) is 10.9 Å². The number of aldehydes is 1. The van der Waals surface area contributed by atoms with Crippen molar-refractivity contribution in [2.75, 3.05) is 0 Å². The van der Waals surface area contributed by atoms with Crippen molar-refractivity contribution in [1.29, 1.82) is 0 Å². The minimum atomic E-state index is -0.738. The summed E-state index contributed by atoms with van der Waals surface area (Å²) >= 11 is 0. The number of carbonyl (C=O) groups excluding carboxylic acids is 2. The number of nitrogens with two attached hydrogens (primary N) is 1. The summed E-state index contributed by atoms with van der Waals surface area (Å²) in [4.78, 5) is 26.0. The van der Waals surface area contributed by atoms with E-state index in [1.54, 1.807) is 12.1 Å². The van der Waals surface area contributed by atoms with Crippen LogP contribution in [0.2, 0.25) is 0 Å². The van der Waals surface area contributed by atoms with E-state index in [0.29, 0.717) is 12.0 Å². The molecule has 1 atom stereocenters. The molecule has 0 radical (unpaired) electrons. The summed E-state index contributed by atoms with van der Waals surface area (Å²) in [5, 5.41) is 0.951. The molecule has 5 nitrogen and oxygen atoms in total. The van der Waals surface area contributed by atoms with Crippen molar-refractivity contribution < 1.29 is 14.3 Å². The number of benzene rings is 2. The fraction of sp³-hybridized carbons (Fsp3) is 0.158. The number of hydrogen-bond donors (Lipinski definition) is 2. The van der Waals surface area contributed by atoms with E-state index in [2.05, 4.69) is 4.98 Å². The monoisotopic (exact) mass is 322 g/mol. The number of nitrogens with one attached hydrogen (secondary N) is 1. The molecule has 0 aliphatic carbocycles. The molecule has 2 aromatic carbocycles. The average molecular weight is 322 g/mol. The molecule has 0 spiro atoms. The summed E-state index contributed by atoms with van der Waals surface area (Å²) in [5.74, 6) is -0.433. The summed E-state index contributed by atoms with van der Waals surface area (Å²) in [6.07, 6.45) is 2.98. The molecule has 0 saturated carbocycles. The second-order valence-corrected chi connectivity index (χ2v) is 5.64. The van der Waals surface area contributed by atoms with Gasteiger partial charge in [-0.05, 0) is 17.2 Å². The van der Waals surface area contributed by atoms with Gasteiger partial charge < -0.3 is 15.5 Å². The maximum atomic E-state index is 12.1. The lowest BCUT2D eigenvalue weighted by Crippen LogP contribution is -2.34. The Hall–Kier alpha value is -2.92. The lowest BCUT2D eigenvalue weighted by atomic mass is 10.0. The zero-order valence-electron chi connectivity index (χ0n) is 13.1. The summed E-state index contributed by atoms with van der Waals surface area (Å²) in [6, 6.07) is 14.1. The number of aromatic nitrogens is 1. The molecule has 0 saturated heterocycles. The van der Waals surface area contributed by atoms with E-state index in [9.17, 15) is 9.59 Å². The van der Waals surface area contributed by atoms with Crippen molar-refractivity contribution in [2.45, 2.75) is 19.1 Å². The number of ether oxygens (including phenoxy) is 1. The van der Waals surface area contributed by atoms with Crippen LogP contribution < -0.4 is 5.73 Å². The Balaban J connectivity index is 1.64. The number of H-pyrrole nitrogens is 1. The molecule has 3 N–H and O–H groups in total. The third kappa shape index (κ3) is 3.52. The maximum absolute atomic E-state index is 12.1. The minimum absolute atomic E-state index is 0.212. The zero-order chi connectivity index (χ0) is 16.9. The Labute approximate surface area is 139 Å². The predicted octanol–water partition coefficient (Wildman–Crippen LogP) is 2.59. The van der Waals surface area contributed by atoms with Crippen molar-refractivity contribution in [3.8, 4) is 0 Å². The largest absolute Gasteiger partial charge is 0.460 e. The maximum Gasteiger partial charge on any atom is 0.323 e. The van der Waals surface area contributed by atoms with E-state index in [0.717, 1.165) is 28.3 Å². The zero-order valence-corrected chi connectivity index (χ0v) is 13.1. The molecule has 1 heterocycles. The van der Waals surface area contributed by atoms with Crippen LogP contribution in [0.4, 0.5) is 0 Å². The molecule has 0 bridgehead atoms. The second-order valence-electron chi connectivity index (χ2n) is 5.64. The van der Waals surface area contributed by atoms with Gasteiger partial charge in [0.05, 0.1) is 0 Å². The Morgan fingerprint density at radius 3 is 2.75 bits per heavy atom. The first-order chi connectivity index (χ1) is 11.7. The minimum Gasteiger partial charge on any atom is -0.460 e. The fourth-order valence-electron chi connectivity index (χ4n) is 2.60. The number of carbonyl (C=O) groups is 2. The highest BCUT2D eigenvalue weighted by atomic mass is 16.5. The van der Waals surface area contributed by atoms with Gasteiger partial charge in [-0.15, -0.1) is 0 Å². The molecule has 122 valence electrons. The summed E-state index contributed by atoms with van der Waals surface area (Å²) in [7, 11) is 0. The number of esters is 1. The first-order valence-corrected chi connectivity index (χ1v) is 7.68. The second kappa shape index (κ2) is 7.10. The quantitative estimate of drug-likeness (QED) is 0.539. The molecule has 0 fully saturated rings.